The number of rotatable bonds is 2. The van der Waals surface area contributed by atoms with Crippen molar-refractivity contribution in [3.8, 4) is 0 Å². The van der Waals surface area contributed by atoms with Gasteiger partial charge in [-0.25, -0.2) is 0 Å². The molecule has 1 aliphatic carbocycles. The van der Waals surface area contributed by atoms with Crippen molar-refractivity contribution >= 4 is 17.4 Å². The topological polar surface area (TPSA) is 29.1 Å². The van der Waals surface area contributed by atoms with Crippen LogP contribution in [-0.4, -0.2) is 17.8 Å². The lowest BCUT2D eigenvalue weighted by Gasteiger charge is -2.37. The van der Waals surface area contributed by atoms with E-state index in [-0.39, 0.29) is 11.7 Å². The molecule has 86 valence electrons. The molecular formula is C13H16ClNO. The molecule has 0 heterocycles. The number of hydrogen-bond donors (Lipinski definition) is 1. The zero-order valence-corrected chi connectivity index (χ0v) is 10.1. The maximum Gasteiger partial charge on any atom is 0.168 e. The first-order valence-electron chi connectivity index (χ1n) is 5.64. The average molecular weight is 238 g/mol. The Morgan fingerprint density at radius 3 is 2.69 bits per heavy atom. The molecule has 2 unspecified atom stereocenters. The van der Waals surface area contributed by atoms with Crippen molar-refractivity contribution in [1.29, 1.82) is 0 Å². The first-order valence-corrected chi connectivity index (χ1v) is 6.02. The maximum absolute atomic E-state index is 11.9. The fourth-order valence-corrected chi connectivity index (χ4v) is 2.77. The SMILES string of the molecule is CNC1(Cl)C(=O)CCCC1c1ccccc1. The highest BCUT2D eigenvalue weighted by atomic mass is 35.5. The third-order valence-electron chi connectivity index (χ3n) is 3.35. The molecule has 1 aromatic carbocycles. The minimum atomic E-state index is -0.917. The first-order chi connectivity index (χ1) is 7.68. The van der Waals surface area contributed by atoms with Gasteiger partial charge in [0, 0.05) is 12.3 Å². The van der Waals surface area contributed by atoms with E-state index in [1.165, 1.54) is 0 Å². The number of halogens is 1. The first kappa shape index (κ1) is 11.6. The molecule has 0 spiro atoms. The van der Waals surface area contributed by atoms with Crippen LogP contribution in [0.1, 0.15) is 30.7 Å². The van der Waals surface area contributed by atoms with Gasteiger partial charge in [0.1, 0.15) is 0 Å². The Labute approximate surface area is 101 Å². The van der Waals surface area contributed by atoms with Gasteiger partial charge in [0.2, 0.25) is 0 Å². The molecule has 0 aliphatic heterocycles. The number of carbonyl (C=O) groups is 1. The number of likely N-dealkylation sites (N-methyl/N-ethyl adjacent to an activating group) is 1. The summed E-state index contributed by atoms with van der Waals surface area (Å²) in [7, 11) is 1.76. The van der Waals surface area contributed by atoms with Crippen LogP contribution >= 0.6 is 11.6 Å². The van der Waals surface area contributed by atoms with Gasteiger partial charge in [0.25, 0.3) is 0 Å². The molecule has 2 atom stereocenters. The van der Waals surface area contributed by atoms with Crippen LogP contribution in [0.25, 0.3) is 0 Å². The number of benzene rings is 1. The standard InChI is InChI=1S/C13H16ClNO/c1-15-13(14)11(8-5-9-12(13)16)10-6-3-2-4-7-10/h2-4,6-7,11,15H,5,8-9H2,1H3. The lowest BCUT2D eigenvalue weighted by atomic mass is 9.78. The van der Waals surface area contributed by atoms with Crippen molar-refractivity contribution in [3.05, 3.63) is 35.9 Å². The second-order valence-corrected chi connectivity index (χ2v) is 4.84. The van der Waals surface area contributed by atoms with E-state index < -0.39 is 5.00 Å². The van der Waals surface area contributed by atoms with Gasteiger partial charge >= 0.3 is 0 Å². The van der Waals surface area contributed by atoms with E-state index in [4.69, 9.17) is 11.6 Å². The molecule has 0 amide bonds. The van der Waals surface area contributed by atoms with Crippen LogP contribution in [0.4, 0.5) is 0 Å². The van der Waals surface area contributed by atoms with Crippen LogP contribution < -0.4 is 5.32 Å². The van der Waals surface area contributed by atoms with Crippen molar-refractivity contribution < 1.29 is 4.79 Å². The van der Waals surface area contributed by atoms with E-state index in [0.29, 0.717) is 6.42 Å². The number of alkyl halides is 1. The van der Waals surface area contributed by atoms with E-state index in [1.807, 2.05) is 30.3 Å². The predicted octanol–water partition coefficient (Wildman–Crippen LogP) is 2.68. The highest BCUT2D eigenvalue weighted by Gasteiger charge is 2.45. The van der Waals surface area contributed by atoms with Crippen LogP contribution in [0.15, 0.2) is 30.3 Å². The molecule has 1 saturated carbocycles. The molecule has 0 radical (unpaired) electrons. The zero-order valence-electron chi connectivity index (χ0n) is 9.37. The monoisotopic (exact) mass is 237 g/mol. The number of hydrogen-bond acceptors (Lipinski definition) is 2. The fraction of sp³-hybridized carbons (Fsp3) is 0.462. The van der Waals surface area contributed by atoms with Gasteiger partial charge in [-0.15, -0.1) is 0 Å². The Morgan fingerprint density at radius 2 is 2.06 bits per heavy atom. The maximum atomic E-state index is 11.9. The minimum Gasteiger partial charge on any atom is -0.296 e. The molecule has 1 aliphatic rings. The Morgan fingerprint density at radius 1 is 1.38 bits per heavy atom. The summed E-state index contributed by atoms with van der Waals surface area (Å²) in [5, 5.41) is 2.99. The van der Waals surface area contributed by atoms with Gasteiger partial charge in [-0.3, -0.25) is 10.1 Å². The Balaban J connectivity index is 2.35. The van der Waals surface area contributed by atoms with Gasteiger partial charge in [-0.2, -0.15) is 0 Å². The molecule has 3 heteroatoms. The van der Waals surface area contributed by atoms with Gasteiger partial charge < -0.3 is 0 Å². The van der Waals surface area contributed by atoms with Gasteiger partial charge in [0.05, 0.1) is 0 Å². The van der Waals surface area contributed by atoms with Gasteiger partial charge in [-0.1, -0.05) is 41.9 Å². The van der Waals surface area contributed by atoms with Crippen LogP contribution in [0.5, 0.6) is 0 Å². The molecule has 1 fully saturated rings. The van der Waals surface area contributed by atoms with E-state index >= 15 is 0 Å². The zero-order chi connectivity index (χ0) is 11.6. The lowest BCUT2D eigenvalue weighted by Crippen LogP contribution is -2.52. The average Bonchev–Trinajstić information content (AvgIpc) is 2.34. The third kappa shape index (κ3) is 1.87. The summed E-state index contributed by atoms with van der Waals surface area (Å²) in [6.45, 7) is 0. The van der Waals surface area contributed by atoms with Crippen LogP contribution in [-0.2, 0) is 4.79 Å². The number of nitrogens with one attached hydrogen (secondary N) is 1. The van der Waals surface area contributed by atoms with Crippen LogP contribution in [0, 0.1) is 0 Å². The van der Waals surface area contributed by atoms with E-state index in [0.717, 1.165) is 18.4 Å². The van der Waals surface area contributed by atoms with E-state index in [1.54, 1.807) is 7.05 Å². The number of Topliss-reactive ketones (excluding diaryl/α,β-unsaturated/α-hetero) is 1. The molecular weight excluding hydrogens is 222 g/mol. The minimum absolute atomic E-state index is 0.0709. The number of carbonyl (C=O) groups excluding carboxylic acids is 1. The summed E-state index contributed by atoms with van der Waals surface area (Å²) < 4.78 is 0. The van der Waals surface area contributed by atoms with Crippen molar-refractivity contribution in [2.75, 3.05) is 7.05 Å². The van der Waals surface area contributed by atoms with Crippen molar-refractivity contribution in [3.63, 3.8) is 0 Å². The smallest absolute Gasteiger partial charge is 0.168 e. The molecule has 2 nitrogen and oxygen atoms in total. The summed E-state index contributed by atoms with van der Waals surface area (Å²) in [5.41, 5.74) is 1.14. The fourth-order valence-electron chi connectivity index (χ4n) is 2.44. The molecule has 1 N–H and O–H groups in total. The Hall–Kier alpha value is -0.860. The van der Waals surface area contributed by atoms with Crippen molar-refractivity contribution in [2.24, 2.45) is 0 Å². The Bertz CT molecular complexity index is 379. The highest BCUT2D eigenvalue weighted by Crippen LogP contribution is 2.41. The van der Waals surface area contributed by atoms with Crippen molar-refractivity contribution in [1.82, 2.24) is 5.32 Å². The molecule has 16 heavy (non-hydrogen) atoms. The second kappa shape index (κ2) is 4.56. The molecule has 0 aromatic heterocycles. The van der Waals surface area contributed by atoms with Crippen LogP contribution in [0.2, 0.25) is 0 Å². The summed E-state index contributed by atoms with van der Waals surface area (Å²) in [6, 6.07) is 10.0. The lowest BCUT2D eigenvalue weighted by molar-refractivity contribution is -0.124. The van der Waals surface area contributed by atoms with Gasteiger partial charge in [0.15, 0.2) is 10.8 Å². The summed E-state index contributed by atoms with van der Waals surface area (Å²) in [5.74, 6) is 0.179. The second-order valence-electron chi connectivity index (χ2n) is 4.24. The van der Waals surface area contributed by atoms with Crippen molar-refractivity contribution in [2.45, 2.75) is 30.2 Å². The normalized spacial score (nSPS) is 30.4. The number of ketones is 1. The Kier molecular flexibility index (Phi) is 3.31. The van der Waals surface area contributed by atoms with E-state index in [9.17, 15) is 4.79 Å². The molecule has 2 rings (SSSR count). The molecule has 1 aromatic rings. The van der Waals surface area contributed by atoms with E-state index in [2.05, 4.69) is 5.32 Å². The largest absolute Gasteiger partial charge is 0.296 e. The molecule has 0 saturated heterocycles. The highest BCUT2D eigenvalue weighted by molar-refractivity contribution is 6.35. The molecule has 0 bridgehead atoms. The summed E-state index contributed by atoms with van der Waals surface area (Å²) in [6.07, 6.45) is 2.46. The van der Waals surface area contributed by atoms with Crippen LogP contribution in [0.3, 0.4) is 0 Å². The summed E-state index contributed by atoms with van der Waals surface area (Å²) in [4.78, 5) is 11.0. The predicted molar refractivity (Wildman–Crippen MR) is 65.7 cm³/mol. The third-order valence-corrected chi connectivity index (χ3v) is 4.01. The quantitative estimate of drug-likeness (QED) is 0.633. The summed E-state index contributed by atoms with van der Waals surface area (Å²) >= 11 is 6.45. The van der Waals surface area contributed by atoms with Gasteiger partial charge in [-0.05, 0) is 25.5 Å².